The van der Waals surface area contributed by atoms with Crippen molar-refractivity contribution in [3.05, 3.63) is 35.0 Å². The van der Waals surface area contributed by atoms with E-state index in [2.05, 4.69) is 26.8 Å². The highest BCUT2D eigenvalue weighted by atomic mass is 16.4. The summed E-state index contributed by atoms with van der Waals surface area (Å²) < 4.78 is 1.87. The zero-order chi connectivity index (χ0) is 15.6. The van der Waals surface area contributed by atoms with E-state index in [9.17, 15) is 15.0 Å². The zero-order valence-corrected chi connectivity index (χ0v) is 12.9. The molecule has 21 heavy (non-hydrogen) atoms. The van der Waals surface area contributed by atoms with E-state index in [-0.39, 0.29) is 12.5 Å². The first kappa shape index (κ1) is 15.6. The molecule has 1 heterocycles. The molecule has 0 atom stereocenters. The summed E-state index contributed by atoms with van der Waals surface area (Å²) in [5, 5.41) is 19.8. The van der Waals surface area contributed by atoms with Crippen molar-refractivity contribution < 1.29 is 15.0 Å². The van der Waals surface area contributed by atoms with Crippen molar-refractivity contribution in [3.63, 3.8) is 0 Å². The van der Waals surface area contributed by atoms with Crippen LogP contribution in [-0.4, -0.2) is 27.4 Å². The van der Waals surface area contributed by atoms with Gasteiger partial charge in [-0.1, -0.05) is 27.2 Å². The minimum atomic E-state index is -0.914. The Balaban J connectivity index is 2.79. The van der Waals surface area contributed by atoms with Crippen LogP contribution in [0.4, 0.5) is 0 Å². The number of aromatic carboxylic acids is 1. The van der Waals surface area contributed by atoms with E-state index >= 15 is 0 Å². The molecule has 0 aliphatic carbocycles. The summed E-state index contributed by atoms with van der Waals surface area (Å²) >= 11 is 0. The second-order valence-electron chi connectivity index (χ2n) is 5.75. The standard InChI is InChI=1S/C17H23NO3/c1-4-5-12-10-18(6-7-19)16-14(12)8-13(11(2)3)9-15(16)17(20)21/h8-11,19H,4-7H2,1-3H3,(H,20,21). The first-order valence-corrected chi connectivity index (χ1v) is 7.49. The molecule has 0 unspecified atom stereocenters. The lowest BCUT2D eigenvalue weighted by Gasteiger charge is -2.11. The van der Waals surface area contributed by atoms with Gasteiger partial charge in [-0.25, -0.2) is 4.79 Å². The Morgan fingerprint density at radius 3 is 2.57 bits per heavy atom. The molecule has 0 bridgehead atoms. The first-order valence-electron chi connectivity index (χ1n) is 7.49. The fourth-order valence-electron chi connectivity index (χ4n) is 2.78. The summed E-state index contributed by atoms with van der Waals surface area (Å²) in [6.07, 6.45) is 3.91. The Hall–Kier alpha value is -1.81. The van der Waals surface area contributed by atoms with Crippen molar-refractivity contribution in [1.29, 1.82) is 0 Å². The van der Waals surface area contributed by atoms with Gasteiger partial charge in [0.2, 0.25) is 0 Å². The molecule has 0 aliphatic heterocycles. The van der Waals surface area contributed by atoms with E-state index < -0.39 is 5.97 Å². The van der Waals surface area contributed by atoms with Crippen LogP contribution in [0.2, 0.25) is 0 Å². The summed E-state index contributed by atoms with van der Waals surface area (Å²) in [5.74, 6) is -0.633. The highest BCUT2D eigenvalue weighted by Crippen LogP contribution is 2.30. The van der Waals surface area contributed by atoms with E-state index in [0.717, 1.165) is 34.9 Å². The van der Waals surface area contributed by atoms with Crippen molar-refractivity contribution in [2.75, 3.05) is 6.61 Å². The van der Waals surface area contributed by atoms with Gasteiger partial charge in [-0.05, 0) is 35.6 Å². The van der Waals surface area contributed by atoms with Crippen LogP contribution in [0.25, 0.3) is 10.9 Å². The van der Waals surface area contributed by atoms with Crippen LogP contribution >= 0.6 is 0 Å². The molecule has 4 nitrogen and oxygen atoms in total. The maximum Gasteiger partial charge on any atom is 0.337 e. The molecule has 2 N–H and O–H groups in total. The number of hydrogen-bond donors (Lipinski definition) is 2. The lowest BCUT2D eigenvalue weighted by molar-refractivity contribution is 0.0698. The number of aliphatic hydroxyl groups is 1. The van der Waals surface area contributed by atoms with E-state index in [1.807, 2.05) is 10.8 Å². The van der Waals surface area contributed by atoms with Crippen LogP contribution in [0.15, 0.2) is 18.3 Å². The number of fused-ring (bicyclic) bond motifs is 1. The quantitative estimate of drug-likeness (QED) is 0.856. The van der Waals surface area contributed by atoms with E-state index in [0.29, 0.717) is 12.1 Å². The maximum absolute atomic E-state index is 11.6. The lowest BCUT2D eigenvalue weighted by Crippen LogP contribution is -2.06. The molecule has 2 aromatic rings. The van der Waals surface area contributed by atoms with Crippen molar-refractivity contribution >= 4 is 16.9 Å². The summed E-state index contributed by atoms with van der Waals surface area (Å²) in [6.45, 7) is 6.66. The van der Waals surface area contributed by atoms with Gasteiger partial charge in [0.25, 0.3) is 0 Å². The molecule has 2 rings (SSSR count). The fraction of sp³-hybridized carbons (Fsp3) is 0.471. The van der Waals surface area contributed by atoms with Crippen LogP contribution in [0.1, 0.15) is 54.6 Å². The first-order chi connectivity index (χ1) is 9.99. The summed E-state index contributed by atoms with van der Waals surface area (Å²) in [4.78, 5) is 11.6. The third-order valence-electron chi connectivity index (χ3n) is 3.83. The highest BCUT2D eigenvalue weighted by Gasteiger charge is 2.18. The molecule has 0 fully saturated rings. The number of hydrogen-bond acceptors (Lipinski definition) is 2. The Morgan fingerprint density at radius 1 is 1.33 bits per heavy atom. The minimum Gasteiger partial charge on any atom is -0.478 e. The van der Waals surface area contributed by atoms with Gasteiger partial charge < -0.3 is 14.8 Å². The fourth-order valence-corrected chi connectivity index (χ4v) is 2.78. The molecule has 0 saturated heterocycles. The molecule has 1 aromatic carbocycles. The molecule has 0 amide bonds. The van der Waals surface area contributed by atoms with E-state index in [1.165, 1.54) is 0 Å². The number of benzene rings is 1. The predicted molar refractivity (Wildman–Crippen MR) is 84.1 cm³/mol. The van der Waals surface area contributed by atoms with E-state index in [4.69, 9.17) is 0 Å². The van der Waals surface area contributed by atoms with Gasteiger partial charge in [-0.2, -0.15) is 0 Å². The predicted octanol–water partition coefficient (Wildman–Crippen LogP) is 3.41. The van der Waals surface area contributed by atoms with Gasteiger partial charge in [0.05, 0.1) is 17.7 Å². The number of aliphatic hydroxyl groups excluding tert-OH is 1. The molecular formula is C17H23NO3. The molecule has 1 aromatic heterocycles. The number of nitrogens with zero attached hydrogens (tertiary/aromatic N) is 1. The normalized spacial score (nSPS) is 11.5. The van der Waals surface area contributed by atoms with Gasteiger partial charge >= 0.3 is 5.97 Å². The Bertz CT molecular complexity index is 656. The molecule has 4 heteroatoms. The number of carboxylic acid groups (broad SMARTS) is 1. The molecule has 0 radical (unpaired) electrons. The molecule has 114 valence electrons. The van der Waals surface area contributed by atoms with Crippen LogP contribution in [0.3, 0.4) is 0 Å². The molecular weight excluding hydrogens is 266 g/mol. The Kier molecular flexibility index (Phi) is 4.68. The molecule has 0 spiro atoms. The highest BCUT2D eigenvalue weighted by molar-refractivity contribution is 6.04. The minimum absolute atomic E-state index is 0.000333. The van der Waals surface area contributed by atoms with Crippen LogP contribution < -0.4 is 0 Å². The lowest BCUT2D eigenvalue weighted by atomic mass is 9.96. The van der Waals surface area contributed by atoms with Gasteiger partial charge in [0, 0.05) is 18.1 Å². The monoisotopic (exact) mass is 289 g/mol. The van der Waals surface area contributed by atoms with Gasteiger partial charge in [-0.15, -0.1) is 0 Å². The topological polar surface area (TPSA) is 62.5 Å². The van der Waals surface area contributed by atoms with Crippen LogP contribution in [-0.2, 0) is 13.0 Å². The van der Waals surface area contributed by atoms with Gasteiger partial charge in [-0.3, -0.25) is 0 Å². The van der Waals surface area contributed by atoms with Crippen molar-refractivity contribution in [1.82, 2.24) is 4.57 Å². The molecule has 0 saturated carbocycles. The van der Waals surface area contributed by atoms with E-state index in [1.54, 1.807) is 6.07 Å². The second kappa shape index (κ2) is 6.31. The second-order valence-corrected chi connectivity index (χ2v) is 5.75. The number of aryl methyl sites for hydroxylation is 1. The Labute approximate surface area is 125 Å². The van der Waals surface area contributed by atoms with Gasteiger partial charge in [0.1, 0.15) is 0 Å². The Morgan fingerprint density at radius 2 is 2.05 bits per heavy atom. The average molecular weight is 289 g/mol. The average Bonchev–Trinajstić information content (AvgIpc) is 2.77. The zero-order valence-electron chi connectivity index (χ0n) is 12.9. The van der Waals surface area contributed by atoms with Crippen molar-refractivity contribution in [2.24, 2.45) is 0 Å². The smallest absolute Gasteiger partial charge is 0.337 e. The summed E-state index contributed by atoms with van der Waals surface area (Å²) in [6, 6.07) is 3.87. The molecule has 0 aliphatic rings. The SMILES string of the molecule is CCCc1cn(CCO)c2c(C(=O)O)cc(C(C)C)cc12. The van der Waals surface area contributed by atoms with Gasteiger partial charge in [0.15, 0.2) is 0 Å². The largest absolute Gasteiger partial charge is 0.478 e. The third-order valence-corrected chi connectivity index (χ3v) is 3.83. The van der Waals surface area contributed by atoms with Crippen molar-refractivity contribution in [2.45, 2.75) is 46.1 Å². The van der Waals surface area contributed by atoms with Crippen molar-refractivity contribution in [3.8, 4) is 0 Å². The number of aromatic nitrogens is 1. The third kappa shape index (κ3) is 2.95. The summed E-state index contributed by atoms with van der Waals surface area (Å²) in [5.41, 5.74) is 3.25. The maximum atomic E-state index is 11.6. The summed E-state index contributed by atoms with van der Waals surface area (Å²) in [7, 11) is 0. The van der Waals surface area contributed by atoms with Crippen LogP contribution in [0, 0.1) is 0 Å². The number of rotatable bonds is 6. The number of carbonyl (C=O) groups is 1. The number of carboxylic acids is 1. The van der Waals surface area contributed by atoms with Crippen LogP contribution in [0.5, 0.6) is 0 Å².